The predicted molar refractivity (Wildman–Crippen MR) is 68.0 cm³/mol. The van der Waals surface area contributed by atoms with Gasteiger partial charge in [-0.05, 0) is 12.1 Å². The minimum atomic E-state index is -0.147. The molecule has 1 heterocycles. The minimum Gasteiger partial charge on any atom is -0.330 e. The van der Waals surface area contributed by atoms with Crippen molar-refractivity contribution in [3.8, 4) is 0 Å². The second-order valence-electron chi connectivity index (χ2n) is 3.38. The van der Waals surface area contributed by atoms with Gasteiger partial charge in [0.15, 0.2) is 5.78 Å². The van der Waals surface area contributed by atoms with Crippen LogP contribution in [0, 0.1) is 0 Å². The minimum absolute atomic E-state index is 0.147. The van der Waals surface area contributed by atoms with Gasteiger partial charge in [-0.1, -0.05) is 34.8 Å². The lowest BCUT2D eigenvalue weighted by Gasteiger charge is -2.06. The van der Waals surface area contributed by atoms with Crippen LogP contribution in [-0.4, -0.2) is 15.3 Å². The zero-order valence-electron chi connectivity index (χ0n) is 8.53. The highest BCUT2D eigenvalue weighted by Crippen LogP contribution is 2.32. The van der Waals surface area contributed by atoms with Crippen molar-refractivity contribution in [1.82, 2.24) is 9.55 Å². The zero-order valence-corrected chi connectivity index (χ0v) is 10.8. The second kappa shape index (κ2) is 5.08. The predicted octanol–water partition coefficient (Wildman–Crippen LogP) is 3.73. The van der Waals surface area contributed by atoms with Gasteiger partial charge in [0.2, 0.25) is 0 Å². The van der Waals surface area contributed by atoms with E-state index in [4.69, 9.17) is 34.8 Å². The molecule has 3 nitrogen and oxygen atoms in total. The molecule has 0 saturated carbocycles. The fourth-order valence-electron chi connectivity index (χ4n) is 1.37. The summed E-state index contributed by atoms with van der Waals surface area (Å²) in [7, 11) is 0. The van der Waals surface area contributed by atoms with E-state index in [1.807, 2.05) is 0 Å². The number of ketones is 1. The second-order valence-corrected chi connectivity index (χ2v) is 4.54. The van der Waals surface area contributed by atoms with E-state index in [9.17, 15) is 4.79 Å². The number of carbonyl (C=O) groups excluding carboxylic acids is 1. The molecule has 0 amide bonds. The molecule has 0 fully saturated rings. The average molecular weight is 290 g/mol. The first-order valence-electron chi connectivity index (χ1n) is 4.72. The average Bonchev–Trinajstić information content (AvgIpc) is 2.78. The van der Waals surface area contributed by atoms with Gasteiger partial charge in [-0.2, -0.15) is 0 Å². The summed E-state index contributed by atoms with van der Waals surface area (Å²) in [5, 5.41) is 0.713. The zero-order chi connectivity index (χ0) is 12.4. The van der Waals surface area contributed by atoms with E-state index in [0.717, 1.165) is 0 Å². The van der Waals surface area contributed by atoms with Gasteiger partial charge >= 0.3 is 0 Å². The molecular formula is C11H7Cl3N2O. The fraction of sp³-hybridized carbons (Fsp3) is 0.0909. The summed E-state index contributed by atoms with van der Waals surface area (Å²) in [5.41, 5.74) is 0.356. The monoisotopic (exact) mass is 288 g/mol. The van der Waals surface area contributed by atoms with Gasteiger partial charge < -0.3 is 4.57 Å². The maximum absolute atomic E-state index is 12.0. The molecule has 0 bridgehead atoms. The molecule has 2 rings (SSSR count). The molecule has 0 aliphatic carbocycles. The van der Waals surface area contributed by atoms with Crippen molar-refractivity contribution < 1.29 is 4.79 Å². The van der Waals surface area contributed by atoms with Gasteiger partial charge in [0.25, 0.3) is 0 Å². The summed E-state index contributed by atoms with van der Waals surface area (Å²) in [6.07, 6.45) is 4.86. The van der Waals surface area contributed by atoms with Crippen LogP contribution in [0.15, 0.2) is 30.9 Å². The molecule has 1 aromatic carbocycles. The molecule has 6 heteroatoms. The van der Waals surface area contributed by atoms with E-state index >= 15 is 0 Å². The molecule has 2 aromatic rings. The Morgan fingerprint density at radius 1 is 1.24 bits per heavy atom. The molecule has 0 spiro atoms. The number of hydrogen-bond acceptors (Lipinski definition) is 2. The third kappa shape index (κ3) is 2.63. The van der Waals surface area contributed by atoms with Gasteiger partial charge in [-0.25, -0.2) is 4.98 Å². The third-order valence-corrected chi connectivity index (χ3v) is 3.51. The third-order valence-electron chi connectivity index (χ3n) is 2.22. The highest BCUT2D eigenvalue weighted by Gasteiger charge is 2.15. The van der Waals surface area contributed by atoms with Crippen molar-refractivity contribution in [3.63, 3.8) is 0 Å². The molecule has 0 saturated heterocycles. The van der Waals surface area contributed by atoms with Crippen LogP contribution in [0.3, 0.4) is 0 Å². The molecule has 0 atom stereocenters. The van der Waals surface area contributed by atoms with Crippen LogP contribution in [0.25, 0.3) is 0 Å². The largest absolute Gasteiger partial charge is 0.330 e. The number of nitrogens with zero attached hydrogens (tertiary/aromatic N) is 2. The normalized spacial score (nSPS) is 10.5. The first-order valence-corrected chi connectivity index (χ1v) is 5.85. The van der Waals surface area contributed by atoms with Crippen LogP contribution in [0.2, 0.25) is 15.1 Å². The number of aromatic nitrogens is 2. The number of rotatable bonds is 3. The van der Waals surface area contributed by atoms with Crippen molar-refractivity contribution in [2.75, 3.05) is 0 Å². The molecule has 88 valence electrons. The van der Waals surface area contributed by atoms with Crippen molar-refractivity contribution in [2.45, 2.75) is 6.54 Å². The van der Waals surface area contributed by atoms with Crippen LogP contribution in [0.5, 0.6) is 0 Å². The Hall–Kier alpha value is -1.03. The lowest BCUT2D eigenvalue weighted by Crippen LogP contribution is -2.09. The Labute approximate surface area is 113 Å². The Morgan fingerprint density at radius 3 is 2.65 bits per heavy atom. The standard InChI is InChI=1S/C11H7Cl3N2O/c12-8-2-1-7(10(13)11(8)14)9(17)5-16-4-3-15-6-16/h1-4,6H,5H2. The summed E-state index contributed by atoms with van der Waals surface area (Å²) >= 11 is 17.6. The van der Waals surface area contributed by atoms with Gasteiger partial charge in [0, 0.05) is 18.0 Å². The number of halogens is 3. The SMILES string of the molecule is O=C(Cn1ccnc1)c1ccc(Cl)c(Cl)c1Cl. The Bertz CT molecular complexity index is 552. The molecule has 0 N–H and O–H groups in total. The first-order chi connectivity index (χ1) is 8.09. The summed E-state index contributed by atoms with van der Waals surface area (Å²) in [6, 6.07) is 3.12. The van der Waals surface area contributed by atoms with Gasteiger partial charge in [-0.15, -0.1) is 0 Å². The quantitative estimate of drug-likeness (QED) is 0.637. The summed E-state index contributed by atoms with van der Waals surface area (Å²) in [4.78, 5) is 15.8. The Balaban J connectivity index is 2.29. The summed E-state index contributed by atoms with van der Waals surface area (Å²) < 4.78 is 1.65. The molecule has 0 aliphatic rings. The molecule has 0 aliphatic heterocycles. The van der Waals surface area contributed by atoms with Crippen LogP contribution < -0.4 is 0 Å². The van der Waals surface area contributed by atoms with Gasteiger partial charge in [0.05, 0.1) is 27.9 Å². The number of carbonyl (C=O) groups is 1. The Kier molecular flexibility index (Phi) is 3.72. The van der Waals surface area contributed by atoms with Crippen LogP contribution in [0.4, 0.5) is 0 Å². The van der Waals surface area contributed by atoms with E-state index < -0.39 is 0 Å². The number of imidazole rings is 1. The van der Waals surface area contributed by atoms with Crippen LogP contribution in [0.1, 0.15) is 10.4 Å². The fourth-order valence-corrected chi connectivity index (χ4v) is 2.01. The van der Waals surface area contributed by atoms with Crippen LogP contribution in [-0.2, 0) is 6.54 Å². The number of benzene rings is 1. The van der Waals surface area contributed by atoms with Gasteiger partial charge in [0.1, 0.15) is 0 Å². The topological polar surface area (TPSA) is 34.9 Å². The lowest BCUT2D eigenvalue weighted by molar-refractivity contribution is 0.0972. The molecule has 0 unspecified atom stereocenters. The summed E-state index contributed by atoms with van der Waals surface area (Å²) in [6.45, 7) is 0.164. The van der Waals surface area contributed by atoms with E-state index in [-0.39, 0.29) is 22.4 Å². The highest BCUT2D eigenvalue weighted by molar-refractivity contribution is 6.49. The van der Waals surface area contributed by atoms with Crippen molar-refractivity contribution >= 4 is 40.6 Å². The van der Waals surface area contributed by atoms with E-state index in [1.54, 1.807) is 35.4 Å². The molecular weight excluding hydrogens is 282 g/mol. The maximum atomic E-state index is 12.0. The van der Waals surface area contributed by atoms with E-state index in [2.05, 4.69) is 4.98 Å². The lowest BCUT2D eigenvalue weighted by atomic mass is 10.1. The van der Waals surface area contributed by atoms with Crippen molar-refractivity contribution in [1.29, 1.82) is 0 Å². The molecule has 17 heavy (non-hydrogen) atoms. The van der Waals surface area contributed by atoms with E-state index in [0.29, 0.717) is 10.6 Å². The Morgan fingerprint density at radius 2 is 2.00 bits per heavy atom. The van der Waals surface area contributed by atoms with E-state index in [1.165, 1.54) is 0 Å². The van der Waals surface area contributed by atoms with Crippen molar-refractivity contribution in [2.24, 2.45) is 0 Å². The number of hydrogen-bond donors (Lipinski definition) is 0. The summed E-state index contributed by atoms with van der Waals surface area (Å²) in [5.74, 6) is -0.147. The highest BCUT2D eigenvalue weighted by atomic mass is 35.5. The smallest absolute Gasteiger partial charge is 0.184 e. The first kappa shape index (κ1) is 12.4. The number of Topliss-reactive ketones (excluding diaryl/α,β-unsaturated/α-hetero) is 1. The van der Waals surface area contributed by atoms with Crippen LogP contribution >= 0.6 is 34.8 Å². The molecule has 0 radical (unpaired) electrons. The van der Waals surface area contributed by atoms with Crippen molar-refractivity contribution in [3.05, 3.63) is 51.5 Å². The maximum Gasteiger partial charge on any atom is 0.184 e. The molecule has 1 aromatic heterocycles. The van der Waals surface area contributed by atoms with Gasteiger partial charge in [-0.3, -0.25) is 4.79 Å².